The molecule has 14 heavy (non-hydrogen) atoms. The summed E-state index contributed by atoms with van der Waals surface area (Å²) < 4.78 is 0. The first-order valence-electron chi connectivity index (χ1n) is 5.25. The van der Waals surface area contributed by atoms with Crippen LogP contribution in [0.3, 0.4) is 0 Å². The highest BCUT2D eigenvalue weighted by Gasteiger charge is 2.32. The molecule has 2 rings (SSSR count). The molecule has 0 saturated carbocycles. The quantitative estimate of drug-likeness (QED) is 0.726. The molecule has 1 aliphatic carbocycles. The van der Waals surface area contributed by atoms with Gasteiger partial charge in [0.15, 0.2) is 5.78 Å². The number of rotatable bonds is 1. The van der Waals surface area contributed by atoms with Crippen LogP contribution in [0.1, 0.15) is 32.6 Å². The molecular formula is C11H16O2S. The predicted octanol–water partition coefficient (Wildman–Crippen LogP) is 2.69. The lowest BCUT2D eigenvalue weighted by Crippen LogP contribution is -2.23. The summed E-state index contributed by atoms with van der Waals surface area (Å²) in [4.78, 5) is 11.8. The second-order valence-electron chi connectivity index (χ2n) is 4.30. The van der Waals surface area contributed by atoms with Crippen molar-refractivity contribution in [2.45, 2.75) is 37.9 Å². The Morgan fingerprint density at radius 1 is 1.43 bits per heavy atom. The van der Waals surface area contributed by atoms with Crippen LogP contribution in [0, 0.1) is 5.92 Å². The minimum atomic E-state index is 0.181. The van der Waals surface area contributed by atoms with Crippen LogP contribution in [-0.2, 0) is 4.79 Å². The zero-order valence-corrected chi connectivity index (χ0v) is 9.27. The molecule has 78 valence electrons. The van der Waals surface area contributed by atoms with Crippen LogP contribution in [-0.4, -0.2) is 21.9 Å². The van der Waals surface area contributed by atoms with Crippen molar-refractivity contribution in [3.05, 3.63) is 11.3 Å². The third kappa shape index (κ3) is 1.83. The summed E-state index contributed by atoms with van der Waals surface area (Å²) in [6, 6.07) is 0. The first kappa shape index (κ1) is 10.1. The fourth-order valence-electron chi connectivity index (χ4n) is 2.27. The molecule has 2 aliphatic rings. The van der Waals surface area contributed by atoms with Gasteiger partial charge in [-0.3, -0.25) is 4.79 Å². The highest BCUT2D eigenvalue weighted by atomic mass is 32.2. The molecule has 0 amide bonds. The number of hydrogen-bond donors (Lipinski definition) is 1. The van der Waals surface area contributed by atoms with Crippen molar-refractivity contribution < 1.29 is 9.90 Å². The van der Waals surface area contributed by atoms with Gasteiger partial charge in [0, 0.05) is 23.7 Å². The monoisotopic (exact) mass is 212 g/mol. The maximum absolute atomic E-state index is 11.8. The van der Waals surface area contributed by atoms with Gasteiger partial charge in [-0.2, -0.15) is 11.8 Å². The minimum absolute atomic E-state index is 0.181. The van der Waals surface area contributed by atoms with E-state index < -0.39 is 0 Å². The molecular weight excluding hydrogens is 196 g/mol. The average Bonchev–Trinajstić information content (AvgIpc) is 2.54. The first-order chi connectivity index (χ1) is 6.68. The number of aliphatic hydroxyl groups is 1. The molecule has 2 nitrogen and oxygen atoms in total. The molecule has 1 heterocycles. The average molecular weight is 212 g/mol. The Bertz CT molecular complexity index is 277. The van der Waals surface area contributed by atoms with Crippen molar-refractivity contribution in [1.29, 1.82) is 0 Å². The zero-order chi connectivity index (χ0) is 10.1. The Labute approximate surface area is 88.8 Å². The van der Waals surface area contributed by atoms with Crippen LogP contribution in [0.15, 0.2) is 11.3 Å². The topological polar surface area (TPSA) is 37.3 Å². The van der Waals surface area contributed by atoms with Gasteiger partial charge in [-0.25, -0.2) is 0 Å². The van der Waals surface area contributed by atoms with Crippen LogP contribution in [0.25, 0.3) is 0 Å². The van der Waals surface area contributed by atoms with Crippen LogP contribution >= 0.6 is 11.8 Å². The molecule has 0 aromatic heterocycles. The number of allylic oxidation sites excluding steroid dienone is 1. The Balaban J connectivity index is 2.21. The Morgan fingerprint density at radius 2 is 2.21 bits per heavy atom. The van der Waals surface area contributed by atoms with E-state index in [0.29, 0.717) is 24.5 Å². The van der Waals surface area contributed by atoms with E-state index in [0.717, 1.165) is 17.7 Å². The number of thioether (sulfide) groups is 1. The van der Waals surface area contributed by atoms with E-state index in [1.165, 1.54) is 6.42 Å². The highest BCUT2D eigenvalue weighted by molar-refractivity contribution is 8.00. The molecule has 1 fully saturated rings. The zero-order valence-electron chi connectivity index (χ0n) is 8.45. The third-order valence-electron chi connectivity index (χ3n) is 2.94. The number of aliphatic hydroxyl groups excluding tert-OH is 1. The second-order valence-corrected chi connectivity index (χ2v) is 5.61. The molecule has 0 spiro atoms. The van der Waals surface area contributed by atoms with Crippen molar-refractivity contribution >= 4 is 17.5 Å². The van der Waals surface area contributed by atoms with E-state index in [2.05, 4.69) is 0 Å². The standard InChI is InChI=1S/C11H16O2S/c1-7-5-8(12)11(9(13)6-7)10-3-2-4-14-10/h7,10,12H,2-6H2,1H3. The summed E-state index contributed by atoms with van der Waals surface area (Å²) in [5.41, 5.74) is 0.741. The van der Waals surface area contributed by atoms with Gasteiger partial charge in [0.05, 0.1) is 0 Å². The van der Waals surface area contributed by atoms with E-state index in [4.69, 9.17) is 0 Å². The molecule has 0 aromatic rings. The van der Waals surface area contributed by atoms with Crippen LogP contribution in [0.2, 0.25) is 0 Å². The van der Waals surface area contributed by atoms with Gasteiger partial charge in [0.1, 0.15) is 5.76 Å². The van der Waals surface area contributed by atoms with Crippen molar-refractivity contribution in [1.82, 2.24) is 0 Å². The molecule has 2 unspecified atom stereocenters. The predicted molar refractivity (Wildman–Crippen MR) is 58.5 cm³/mol. The molecule has 0 aromatic carbocycles. The third-order valence-corrected chi connectivity index (χ3v) is 4.34. The Hall–Kier alpha value is -0.440. The Morgan fingerprint density at radius 3 is 2.79 bits per heavy atom. The summed E-state index contributed by atoms with van der Waals surface area (Å²) >= 11 is 1.82. The lowest BCUT2D eigenvalue weighted by molar-refractivity contribution is -0.117. The van der Waals surface area contributed by atoms with E-state index >= 15 is 0 Å². The smallest absolute Gasteiger partial charge is 0.163 e. The van der Waals surface area contributed by atoms with Gasteiger partial charge in [0.25, 0.3) is 0 Å². The van der Waals surface area contributed by atoms with Crippen molar-refractivity contribution in [3.8, 4) is 0 Å². The van der Waals surface area contributed by atoms with E-state index in [1.807, 2.05) is 18.7 Å². The summed E-state index contributed by atoms with van der Waals surface area (Å²) in [6.45, 7) is 2.02. The summed E-state index contributed by atoms with van der Waals surface area (Å²) in [7, 11) is 0. The molecule has 1 saturated heterocycles. The molecule has 2 atom stereocenters. The minimum Gasteiger partial charge on any atom is -0.512 e. The number of Topliss-reactive ketones (excluding diaryl/α,β-unsaturated/α-hetero) is 1. The molecule has 0 radical (unpaired) electrons. The number of carbonyl (C=O) groups is 1. The van der Waals surface area contributed by atoms with Crippen molar-refractivity contribution in [2.24, 2.45) is 5.92 Å². The van der Waals surface area contributed by atoms with Gasteiger partial charge in [-0.05, 0) is 24.5 Å². The SMILES string of the molecule is CC1CC(=O)C(C2CCCS2)=C(O)C1. The van der Waals surface area contributed by atoms with Crippen LogP contribution in [0.4, 0.5) is 0 Å². The van der Waals surface area contributed by atoms with Gasteiger partial charge >= 0.3 is 0 Å². The number of hydrogen-bond acceptors (Lipinski definition) is 3. The van der Waals surface area contributed by atoms with Gasteiger partial charge < -0.3 is 5.11 Å². The fourth-order valence-corrected chi connectivity index (χ4v) is 3.66. The number of ketones is 1. The lowest BCUT2D eigenvalue weighted by atomic mass is 9.86. The van der Waals surface area contributed by atoms with E-state index in [1.54, 1.807) is 0 Å². The summed E-state index contributed by atoms with van der Waals surface area (Å²) in [5, 5.41) is 10.1. The normalized spacial score (nSPS) is 33.9. The maximum atomic E-state index is 11.8. The fraction of sp³-hybridized carbons (Fsp3) is 0.727. The molecule has 1 aliphatic heterocycles. The van der Waals surface area contributed by atoms with Gasteiger partial charge in [-0.1, -0.05) is 6.92 Å². The largest absolute Gasteiger partial charge is 0.512 e. The van der Waals surface area contributed by atoms with Crippen LogP contribution in [0.5, 0.6) is 0 Å². The highest BCUT2D eigenvalue weighted by Crippen LogP contribution is 2.37. The maximum Gasteiger partial charge on any atom is 0.163 e. The second kappa shape index (κ2) is 3.97. The van der Waals surface area contributed by atoms with Crippen molar-refractivity contribution in [2.75, 3.05) is 5.75 Å². The van der Waals surface area contributed by atoms with E-state index in [-0.39, 0.29) is 11.0 Å². The summed E-state index contributed by atoms with van der Waals surface area (Å²) in [6.07, 6.45) is 3.55. The first-order valence-corrected chi connectivity index (χ1v) is 6.30. The molecule has 1 N–H and O–H groups in total. The Kier molecular flexibility index (Phi) is 2.86. The van der Waals surface area contributed by atoms with Gasteiger partial charge in [0.2, 0.25) is 0 Å². The summed E-state index contributed by atoms with van der Waals surface area (Å²) in [5.74, 6) is 2.00. The van der Waals surface area contributed by atoms with Crippen molar-refractivity contribution in [3.63, 3.8) is 0 Å². The molecule has 0 bridgehead atoms. The van der Waals surface area contributed by atoms with Gasteiger partial charge in [-0.15, -0.1) is 0 Å². The molecule has 3 heteroatoms. The number of carbonyl (C=O) groups excluding carboxylic acids is 1. The van der Waals surface area contributed by atoms with E-state index in [9.17, 15) is 9.90 Å². The lowest BCUT2D eigenvalue weighted by Gasteiger charge is -2.23. The van der Waals surface area contributed by atoms with Crippen LogP contribution < -0.4 is 0 Å².